The van der Waals surface area contributed by atoms with E-state index in [0.29, 0.717) is 0 Å². The second-order valence-electron chi connectivity index (χ2n) is 0.167. The van der Waals surface area contributed by atoms with Gasteiger partial charge in [0.25, 0.3) is 0 Å². The molecule has 0 amide bonds. The second kappa shape index (κ2) is 17.0. The van der Waals surface area contributed by atoms with Crippen LogP contribution in [-0.4, -0.2) is 24.3 Å². The summed E-state index contributed by atoms with van der Waals surface area (Å²) in [4.78, 5) is 0. The normalized spacial score (nSPS) is 2.67. The third kappa shape index (κ3) is 102. The van der Waals surface area contributed by atoms with Gasteiger partial charge >= 0.3 is 55.4 Å². The molecular weight excluding hydrogens is 319 g/mol. The summed E-state index contributed by atoms with van der Waals surface area (Å²) in [6, 6.07) is 0. The molecule has 0 aromatic rings. The molecule has 0 spiro atoms. The Morgan fingerprint density at radius 3 is 1.17 bits per heavy atom. The van der Waals surface area contributed by atoms with Crippen LogP contribution in [0, 0.1) is 0 Å². The Kier molecular flexibility index (Phi) is 28.2. The van der Waals surface area contributed by atoms with E-state index in [-0.39, 0.29) is 0 Å². The zero-order valence-electron chi connectivity index (χ0n) is 2.63. The predicted molar refractivity (Wildman–Crippen MR) is 8.50 cm³/mol. The van der Waals surface area contributed by atoms with Crippen molar-refractivity contribution in [2.75, 3.05) is 0 Å². The summed E-state index contributed by atoms with van der Waals surface area (Å²) in [5.74, 6) is 0. The van der Waals surface area contributed by atoms with Crippen molar-refractivity contribution in [3.05, 3.63) is 0 Å². The van der Waals surface area contributed by atoms with Crippen LogP contribution in [0.3, 0.4) is 0 Å². The minimum absolute atomic E-state index is 2.00. The molecule has 6 heteroatoms. The van der Waals surface area contributed by atoms with Crippen molar-refractivity contribution in [3.8, 4) is 0 Å². The monoisotopic (exact) mass is 320 g/mol. The first-order valence-electron chi connectivity index (χ1n) is 0.816. The van der Waals surface area contributed by atoms with Gasteiger partial charge in [0.1, 0.15) is 0 Å². The molecule has 0 rings (SSSR count). The first-order valence-corrected chi connectivity index (χ1v) is 5.27. The van der Waals surface area contributed by atoms with Gasteiger partial charge < -0.3 is 0 Å². The molecule has 0 radical (unpaired) electrons. The number of hydrogen-bond acceptors (Lipinski definition) is 4. The van der Waals surface area contributed by atoms with Crippen molar-refractivity contribution < 1.29 is 31.1 Å². The van der Waals surface area contributed by atoms with Gasteiger partial charge in [-0.2, -0.15) is 0 Å². The van der Waals surface area contributed by atoms with Crippen molar-refractivity contribution >= 4 is 24.3 Å². The summed E-state index contributed by atoms with van der Waals surface area (Å²) in [6.07, 6.45) is 0. The third-order valence-electron chi connectivity index (χ3n) is 0. The molecule has 0 bridgehead atoms. The Labute approximate surface area is 55.0 Å². The summed E-state index contributed by atoms with van der Waals surface area (Å²) < 4.78 is 34.1. The van der Waals surface area contributed by atoms with Crippen LogP contribution < -0.4 is 0 Å². The molecule has 0 aromatic heterocycles. The molecule has 0 aromatic carbocycles. The third-order valence-corrected chi connectivity index (χ3v) is 0. The van der Waals surface area contributed by atoms with Crippen LogP contribution in [0.4, 0.5) is 0 Å². The van der Waals surface area contributed by atoms with Gasteiger partial charge in [0.05, 0.1) is 0 Å². The fraction of sp³-hybridized carbons (Fsp3) is 0. The average molecular weight is 319 g/mol. The van der Waals surface area contributed by atoms with Crippen LogP contribution in [-0.2, 0) is 31.1 Å². The van der Waals surface area contributed by atoms with E-state index in [1.54, 1.807) is 0 Å². The standard InChI is InChI=1S/4O.Pb.Ti. The van der Waals surface area contributed by atoms with Gasteiger partial charge in [-0.1, -0.05) is 0 Å². The number of hydrogen-bond donors (Lipinski definition) is 0. The van der Waals surface area contributed by atoms with E-state index in [0.717, 1.165) is 0 Å². The molecular formula is O4PbTi. The molecule has 0 N–H and O–H groups in total. The van der Waals surface area contributed by atoms with Gasteiger partial charge in [0.2, 0.25) is 0 Å². The summed E-state index contributed by atoms with van der Waals surface area (Å²) in [6.45, 7) is 0. The molecule has 0 saturated carbocycles. The summed E-state index contributed by atoms with van der Waals surface area (Å²) in [5, 5.41) is 0. The molecule has 0 fully saturated rings. The first-order chi connectivity index (χ1) is 2.83. The molecule has 0 aliphatic heterocycles. The maximum absolute atomic E-state index is 8.57. The van der Waals surface area contributed by atoms with Crippen molar-refractivity contribution in [2.45, 2.75) is 0 Å². The van der Waals surface area contributed by atoms with Crippen LogP contribution in [0.2, 0.25) is 0 Å². The maximum atomic E-state index is 8.57. The summed E-state index contributed by atoms with van der Waals surface area (Å²) in [7, 11) is 0. The van der Waals surface area contributed by atoms with Crippen molar-refractivity contribution in [1.82, 2.24) is 0 Å². The molecule has 0 unspecified atom stereocenters. The number of rotatable bonds is 0. The van der Waals surface area contributed by atoms with Gasteiger partial charge in [0.15, 0.2) is 0 Å². The average Bonchev–Trinajstić information content (AvgIpc) is 1.39. The molecule has 0 aliphatic rings. The summed E-state index contributed by atoms with van der Waals surface area (Å²) >= 11 is -4.42. The van der Waals surface area contributed by atoms with Crippen molar-refractivity contribution in [2.24, 2.45) is 0 Å². The Bertz CT molecular complexity index is 61.5. The van der Waals surface area contributed by atoms with Crippen LogP contribution >= 0.6 is 0 Å². The van der Waals surface area contributed by atoms with E-state index in [1.807, 2.05) is 0 Å². The second-order valence-corrected chi connectivity index (χ2v) is 1.07. The van der Waals surface area contributed by atoms with E-state index in [4.69, 9.17) is 12.0 Å². The van der Waals surface area contributed by atoms with Gasteiger partial charge in [0, 0.05) is 0 Å². The molecule has 32 valence electrons. The van der Waals surface area contributed by atoms with Gasteiger partial charge in [-0.3, -0.25) is 0 Å². The quantitative estimate of drug-likeness (QED) is 0.545. The Balaban J connectivity index is 0. The van der Waals surface area contributed by atoms with Crippen molar-refractivity contribution in [3.63, 3.8) is 0 Å². The Hall–Kier alpha value is 0.836. The van der Waals surface area contributed by atoms with Crippen LogP contribution in [0.1, 0.15) is 0 Å². The fourth-order valence-corrected chi connectivity index (χ4v) is 0. The zero-order valence-corrected chi connectivity index (χ0v) is 8.08. The van der Waals surface area contributed by atoms with Gasteiger partial charge in [-0.05, 0) is 0 Å². The fourth-order valence-electron chi connectivity index (χ4n) is 0. The first kappa shape index (κ1) is 9.96. The molecule has 0 heterocycles. The van der Waals surface area contributed by atoms with Crippen molar-refractivity contribution in [1.29, 1.82) is 0 Å². The zero-order chi connectivity index (χ0) is 5.41. The van der Waals surface area contributed by atoms with E-state index < -0.39 is 43.4 Å². The molecule has 0 atom stereocenters. The van der Waals surface area contributed by atoms with E-state index >= 15 is 0 Å². The predicted octanol–water partition coefficient (Wildman–Crippen LogP) is -0.859. The van der Waals surface area contributed by atoms with Gasteiger partial charge in [-0.25, -0.2) is 0 Å². The Morgan fingerprint density at radius 2 is 1.17 bits per heavy atom. The van der Waals surface area contributed by atoms with E-state index in [1.165, 1.54) is 0 Å². The topological polar surface area (TPSA) is 68.3 Å². The van der Waals surface area contributed by atoms with Crippen LogP contribution in [0.5, 0.6) is 0 Å². The van der Waals surface area contributed by atoms with Gasteiger partial charge in [-0.15, -0.1) is 0 Å². The minimum atomic E-state index is -2.42. The molecule has 6 heavy (non-hydrogen) atoms. The molecule has 0 aliphatic carbocycles. The van der Waals surface area contributed by atoms with E-state index in [9.17, 15) is 0 Å². The van der Waals surface area contributed by atoms with Crippen LogP contribution in [0.25, 0.3) is 0 Å². The summed E-state index contributed by atoms with van der Waals surface area (Å²) in [5.41, 5.74) is 0. The Morgan fingerprint density at radius 1 is 1.17 bits per heavy atom. The molecule has 0 saturated heterocycles. The van der Waals surface area contributed by atoms with E-state index in [2.05, 4.69) is 0 Å². The van der Waals surface area contributed by atoms with Crippen LogP contribution in [0.15, 0.2) is 0 Å². The SMILES string of the molecule is [O]=[Pb]=[O].[O]=[Ti]=[O]. The molecule has 4 nitrogen and oxygen atoms in total.